The van der Waals surface area contributed by atoms with Crippen LogP contribution >= 0.6 is 46.1 Å². The Balaban J connectivity index is 1.76. The van der Waals surface area contributed by atoms with Gasteiger partial charge in [-0.3, -0.25) is 4.90 Å². The molecule has 4 rings (SSSR count). The quantitative estimate of drug-likeness (QED) is 0.812. The van der Waals surface area contributed by atoms with Gasteiger partial charge in [0.1, 0.15) is 15.5 Å². The summed E-state index contributed by atoms with van der Waals surface area (Å²) in [6.45, 7) is 3.39. The highest BCUT2D eigenvalue weighted by Crippen LogP contribution is 2.47. The third kappa shape index (κ3) is 2.28. The minimum atomic E-state index is 0.237. The SMILES string of the molecule is Clc1sc(OC2CN3CCC2CC3)c(Cl)c1Cl. The van der Waals surface area contributed by atoms with Crippen LogP contribution in [0.3, 0.4) is 0 Å². The highest BCUT2D eigenvalue weighted by molar-refractivity contribution is 7.19. The van der Waals surface area contributed by atoms with E-state index in [1.165, 1.54) is 37.3 Å². The molecule has 3 fully saturated rings. The second kappa shape index (κ2) is 4.78. The lowest BCUT2D eigenvalue weighted by Gasteiger charge is -2.44. The van der Waals surface area contributed by atoms with Crippen molar-refractivity contribution in [1.82, 2.24) is 4.90 Å². The van der Waals surface area contributed by atoms with Gasteiger partial charge in [0, 0.05) is 6.54 Å². The Hall–Kier alpha value is 0.330. The van der Waals surface area contributed by atoms with E-state index in [2.05, 4.69) is 4.90 Å². The molecular formula is C11H12Cl3NOS. The number of thiophene rings is 1. The molecule has 3 saturated heterocycles. The summed E-state index contributed by atoms with van der Waals surface area (Å²) in [6, 6.07) is 0. The third-order valence-corrected chi connectivity index (χ3v) is 6.03. The van der Waals surface area contributed by atoms with E-state index < -0.39 is 0 Å². The maximum Gasteiger partial charge on any atom is 0.196 e. The molecule has 0 saturated carbocycles. The van der Waals surface area contributed by atoms with Crippen molar-refractivity contribution in [2.24, 2.45) is 5.92 Å². The van der Waals surface area contributed by atoms with Gasteiger partial charge in [0.15, 0.2) is 5.06 Å². The summed E-state index contributed by atoms with van der Waals surface area (Å²) in [5.74, 6) is 0.649. The van der Waals surface area contributed by atoms with Gasteiger partial charge in [0.05, 0.1) is 5.02 Å². The van der Waals surface area contributed by atoms with Gasteiger partial charge in [0.2, 0.25) is 0 Å². The summed E-state index contributed by atoms with van der Waals surface area (Å²) >= 11 is 19.3. The minimum absolute atomic E-state index is 0.237. The number of rotatable bonds is 2. The van der Waals surface area contributed by atoms with Gasteiger partial charge in [-0.1, -0.05) is 46.1 Å². The predicted octanol–water partition coefficient (Wildman–Crippen LogP) is 4.18. The number of hydrogen-bond donors (Lipinski definition) is 0. The normalized spacial score (nSPS) is 31.8. The molecule has 0 aromatic carbocycles. The van der Waals surface area contributed by atoms with Crippen molar-refractivity contribution >= 4 is 46.1 Å². The lowest BCUT2D eigenvalue weighted by molar-refractivity contribution is -0.00585. The zero-order chi connectivity index (χ0) is 12.0. The van der Waals surface area contributed by atoms with E-state index in [9.17, 15) is 0 Å². The van der Waals surface area contributed by atoms with Gasteiger partial charge in [-0.2, -0.15) is 0 Å². The molecule has 94 valence electrons. The minimum Gasteiger partial charge on any atom is -0.478 e. The van der Waals surface area contributed by atoms with Gasteiger partial charge in [-0.25, -0.2) is 0 Å². The fraction of sp³-hybridized carbons (Fsp3) is 0.636. The molecule has 6 heteroatoms. The fourth-order valence-electron chi connectivity index (χ4n) is 2.60. The molecule has 3 aliphatic rings. The molecule has 1 unspecified atom stereocenters. The number of ether oxygens (including phenoxy) is 1. The third-order valence-electron chi connectivity index (χ3n) is 3.58. The molecule has 2 nitrogen and oxygen atoms in total. The van der Waals surface area contributed by atoms with Crippen LogP contribution in [0.5, 0.6) is 5.06 Å². The molecule has 0 N–H and O–H groups in total. The smallest absolute Gasteiger partial charge is 0.196 e. The first-order valence-corrected chi connectivity index (χ1v) is 7.62. The van der Waals surface area contributed by atoms with Crippen molar-refractivity contribution in [3.63, 3.8) is 0 Å². The maximum atomic E-state index is 6.09. The molecule has 1 aromatic rings. The summed E-state index contributed by atoms with van der Waals surface area (Å²) < 4.78 is 6.51. The Morgan fingerprint density at radius 1 is 1.12 bits per heavy atom. The second-order valence-electron chi connectivity index (χ2n) is 4.59. The average Bonchev–Trinajstić information content (AvgIpc) is 2.59. The highest BCUT2D eigenvalue weighted by Gasteiger charge is 2.36. The standard InChI is InChI=1S/C11H12Cl3NOS/c12-8-9(13)11(17-10(8)14)16-7-5-15-3-1-6(7)2-4-15/h6-7H,1-5H2. The molecule has 0 amide bonds. The summed E-state index contributed by atoms with van der Waals surface area (Å²) in [5.41, 5.74) is 0. The van der Waals surface area contributed by atoms with Crippen LogP contribution in [0.15, 0.2) is 0 Å². The van der Waals surface area contributed by atoms with E-state index in [4.69, 9.17) is 39.5 Å². The topological polar surface area (TPSA) is 12.5 Å². The van der Waals surface area contributed by atoms with E-state index in [-0.39, 0.29) is 6.10 Å². The van der Waals surface area contributed by atoms with Crippen molar-refractivity contribution in [2.75, 3.05) is 19.6 Å². The summed E-state index contributed by atoms with van der Waals surface area (Å²) in [4.78, 5) is 2.44. The lowest BCUT2D eigenvalue weighted by atomic mass is 9.86. The Morgan fingerprint density at radius 2 is 1.82 bits per heavy atom. The van der Waals surface area contributed by atoms with Gasteiger partial charge >= 0.3 is 0 Å². The van der Waals surface area contributed by atoms with Crippen LogP contribution in [0.1, 0.15) is 12.8 Å². The maximum absolute atomic E-state index is 6.09. The molecule has 1 atom stereocenters. The fourth-order valence-corrected chi connectivity index (χ4v) is 4.24. The largest absolute Gasteiger partial charge is 0.478 e. The molecular weight excluding hydrogens is 301 g/mol. The molecule has 17 heavy (non-hydrogen) atoms. The van der Waals surface area contributed by atoms with Gasteiger partial charge in [-0.15, -0.1) is 0 Å². The number of halogens is 3. The molecule has 3 aliphatic heterocycles. The van der Waals surface area contributed by atoms with Crippen LogP contribution in [0.25, 0.3) is 0 Å². The van der Waals surface area contributed by atoms with Crippen molar-refractivity contribution in [1.29, 1.82) is 0 Å². The zero-order valence-electron chi connectivity index (χ0n) is 9.09. The van der Waals surface area contributed by atoms with Crippen LogP contribution in [0.2, 0.25) is 14.4 Å². The Morgan fingerprint density at radius 3 is 2.29 bits per heavy atom. The number of hydrogen-bond acceptors (Lipinski definition) is 3. The van der Waals surface area contributed by atoms with Crippen molar-refractivity contribution in [3.8, 4) is 5.06 Å². The molecule has 0 spiro atoms. The van der Waals surface area contributed by atoms with Crippen LogP contribution in [-0.2, 0) is 0 Å². The van der Waals surface area contributed by atoms with E-state index in [1.54, 1.807) is 0 Å². The van der Waals surface area contributed by atoms with Crippen molar-refractivity contribution < 1.29 is 4.74 Å². The van der Waals surface area contributed by atoms with E-state index in [1.807, 2.05) is 0 Å². The molecule has 2 bridgehead atoms. The number of fused-ring (bicyclic) bond motifs is 3. The summed E-state index contributed by atoms with van der Waals surface area (Å²) in [7, 11) is 0. The Bertz CT molecular complexity index is 429. The van der Waals surface area contributed by atoms with Crippen LogP contribution in [-0.4, -0.2) is 30.6 Å². The zero-order valence-corrected chi connectivity index (χ0v) is 12.2. The van der Waals surface area contributed by atoms with E-state index in [0.717, 1.165) is 6.54 Å². The first-order chi connectivity index (χ1) is 8.15. The van der Waals surface area contributed by atoms with Crippen molar-refractivity contribution in [3.05, 3.63) is 14.4 Å². The predicted molar refractivity (Wildman–Crippen MR) is 72.9 cm³/mol. The molecule has 4 heterocycles. The molecule has 1 aromatic heterocycles. The highest BCUT2D eigenvalue weighted by atomic mass is 35.5. The van der Waals surface area contributed by atoms with Crippen LogP contribution in [0.4, 0.5) is 0 Å². The molecule has 0 aliphatic carbocycles. The second-order valence-corrected chi connectivity index (χ2v) is 6.93. The van der Waals surface area contributed by atoms with E-state index >= 15 is 0 Å². The van der Waals surface area contributed by atoms with E-state index in [0.29, 0.717) is 25.4 Å². The van der Waals surface area contributed by atoms with Gasteiger partial charge in [-0.05, 0) is 31.8 Å². The monoisotopic (exact) mass is 311 g/mol. The number of piperidine rings is 3. The first-order valence-electron chi connectivity index (χ1n) is 5.67. The first kappa shape index (κ1) is 12.4. The van der Waals surface area contributed by atoms with Crippen LogP contribution in [0, 0.1) is 5.92 Å². The van der Waals surface area contributed by atoms with Gasteiger partial charge < -0.3 is 4.74 Å². The van der Waals surface area contributed by atoms with Crippen LogP contribution < -0.4 is 4.74 Å². The average molecular weight is 313 g/mol. The molecule has 0 radical (unpaired) electrons. The lowest BCUT2D eigenvalue weighted by Crippen LogP contribution is -2.52. The summed E-state index contributed by atoms with van der Waals surface area (Å²) in [5, 5.41) is 1.54. The number of nitrogens with zero attached hydrogens (tertiary/aromatic N) is 1. The summed E-state index contributed by atoms with van der Waals surface area (Å²) in [6.07, 6.45) is 2.67. The Kier molecular flexibility index (Phi) is 3.48. The van der Waals surface area contributed by atoms with Gasteiger partial charge in [0.25, 0.3) is 0 Å². The Labute approximate surface area is 119 Å². The van der Waals surface area contributed by atoms with Crippen molar-refractivity contribution in [2.45, 2.75) is 18.9 Å².